The van der Waals surface area contributed by atoms with Crippen molar-refractivity contribution < 1.29 is 13.9 Å². The van der Waals surface area contributed by atoms with Crippen LogP contribution in [0.4, 0.5) is 0 Å². The van der Waals surface area contributed by atoms with Crippen molar-refractivity contribution in [3.8, 4) is 68.3 Å². The fourth-order valence-electron chi connectivity index (χ4n) is 9.38. The first-order valence-corrected chi connectivity index (χ1v) is 21.3. The molecule has 0 N–H and O–H groups in total. The summed E-state index contributed by atoms with van der Waals surface area (Å²) in [5, 5.41) is 9.20. The molecule has 11 aromatic rings. The van der Waals surface area contributed by atoms with Gasteiger partial charge in [-0.25, -0.2) is 15.0 Å². The fraction of sp³-hybridized carbons (Fsp3) is 0.0893. The minimum Gasteiger partial charge on any atom is -0.455 e. The largest absolute Gasteiger partial charge is 0.455 e. The van der Waals surface area contributed by atoms with E-state index in [9.17, 15) is 0 Å². The normalized spacial score (nSPS) is 12.7. The Morgan fingerprint density at radius 3 is 1.73 bits per heavy atom. The Kier molecular flexibility index (Phi) is 8.39. The average Bonchev–Trinajstić information content (AvgIpc) is 3.72. The van der Waals surface area contributed by atoms with E-state index < -0.39 is 0 Å². The second-order valence-corrected chi connectivity index (χ2v) is 16.2. The number of hydrogen-bond donors (Lipinski definition) is 0. The van der Waals surface area contributed by atoms with E-state index >= 15 is 0 Å². The van der Waals surface area contributed by atoms with Crippen LogP contribution in [0, 0.1) is 0 Å². The van der Waals surface area contributed by atoms with Crippen LogP contribution in [0.2, 0.25) is 0 Å². The summed E-state index contributed by atoms with van der Waals surface area (Å²) in [6.45, 7) is 4.46. The number of benzene rings is 9. The van der Waals surface area contributed by atoms with Gasteiger partial charge in [0, 0.05) is 33.0 Å². The van der Waals surface area contributed by atoms with Crippen molar-refractivity contribution in [2.75, 3.05) is 0 Å². The Morgan fingerprint density at radius 1 is 0.419 bits per heavy atom. The van der Waals surface area contributed by atoms with Gasteiger partial charge in [-0.3, -0.25) is 0 Å². The monoisotopic (exact) mass is 801 g/mol. The Hall–Kier alpha value is -7.83. The molecule has 6 heteroatoms. The lowest BCUT2D eigenvalue weighted by molar-refractivity contribution is 0.354. The molecule has 12 rings (SSSR count). The van der Waals surface area contributed by atoms with E-state index in [4.69, 9.17) is 28.8 Å². The van der Waals surface area contributed by atoms with Crippen LogP contribution in [-0.4, -0.2) is 15.0 Å². The van der Waals surface area contributed by atoms with Crippen LogP contribution < -0.4 is 9.47 Å². The average molecular weight is 802 g/mol. The molecule has 0 radical (unpaired) electrons. The molecule has 0 saturated carbocycles. The molecule has 1 unspecified atom stereocenters. The Bertz CT molecular complexity index is 3540. The van der Waals surface area contributed by atoms with Crippen molar-refractivity contribution in [1.29, 1.82) is 0 Å². The van der Waals surface area contributed by atoms with E-state index in [1.165, 1.54) is 26.9 Å². The van der Waals surface area contributed by atoms with Gasteiger partial charge in [0.2, 0.25) is 0 Å². The van der Waals surface area contributed by atoms with E-state index in [1.54, 1.807) is 0 Å². The van der Waals surface area contributed by atoms with Gasteiger partial charge < -0.3 is 13.9 Å². The van der Waals surface area contributed by atoms with Gasteiger partial charge in [0.05, 0.1) is 5.56 Å². The van der Waals surface area contributed by atoms with Crippen LogP contribution in [0.1, 0.15) is 38.2 Å². The summed E-state index contributed by atoms with van der Waals surface area (Å²) in [5.74, 6) is 4.97. The van der Waals surface area contributed by atoms with E-state index in [0.717, 1.165) is 79.5 Å². The van der Waals surface area contributed by atoms with Gasteiger partial charge in [0.25, 0.3) is 0 Å². The molecular weight excluding hydrogens is 763 g/mol. The number of furan rings is 1. The lowest BCUT2D eigenvalue weighted by Gasteiger charge is -2.25. The summed E-state index contributed by atoms with van der Waals surface area (Å²) in [5.41, 5.74) is 7.16. The number of ether oxygens (including phenoxy) is 2. The molecule has 0 spiro atoms. The number of para-hydroxylation sites is 3. The molecule has 0 aliphatic carbocycles. The molecule has 296 valence electrons. The van der Waals surface area contributed by atoms with Crippen LogP contribution in [-0.2, 0) is 0 Å². The maximum absolute atomic E-state index is 6.97. The number of aromatic nitrogens is 3. The zero-order chi connectivity index (χ0) is 41.3. The summed E-state index contributed by atoms with van der Waals surface area (Å²) >= 11 is 0. The molecular formula is C56H39N3O3. The van der Waals surface area contributed by atoms with Crippen molar-refractivity contribution in [2.45, 2.75) is 32.6 Å². The predicted octanol–water partition coefficient (Wildman–Crippen LogP) is 15.7. The van der Waals surface area contributed by atoms with Gasteiger partial charge in [0.15, 0.2) is 40.5 Å². The topological polar surface area (TPSA) is 70.3 Å². The van der Waals surface area contributed by atoms with Crippen LogP contribution in [0.25, 0.3) is 99.5 Å². The maximum Gasteiger partial charge on any atom is 0.173 e. The highest BCUT2D eigenvalue weighted by Gasteiger charge is 2.26. The second kappa shape index (κ2) is 14.4. The van der Waals surface area contributed by atoms with Crippen LogP contribution >= 0.6 is 0 Å². The van der Waals surface area contributed by atoms with Crippen LogP contribution in [0.15, 0.2) is 174 Å². The zero-order valence-electron chi connectivity index (χ0n) is 34.2. The highest BCUT2D eigenvalue weighted by molar-refractivity contribution is 6.25. The Morgan fingerprint density at radius 2 is 1.00 bits per heavy atom. The molecule has 62 heavy (non-hydrogen) atoms. The SMILES string of the molecule is CCCC(C)c1cccc2c1Oc1cc(-c3cccc4c3oc3c(-c5nc(-c6ccccc6)nc(-c6ccc7c8ccccc8c8ccccc8c7c6)n5)cccc34)ccc1O2. The first-order valence-electron chi connectivity index (χ1n) is 21.3. The summed E-state index contributed by atoms with van der Waals surface area (Å²) in [6.07, 6.45) is 2.17. The van der Waals surface area contributed by atoms with Gasteiger partial charge in [0.1, 0.15) is 11.2 Å². The molecule has 0 fully saturated rings. The number of nitrogens with zero attached hydrogens (tertiary/aromatic N) is 3. The van der Waals surface area contributed by atoms with Crippen molar-refractivity contribution in [2.24, 2.45) is 0 Å². The third-order valence-electron chi connectivity index (χ3n) is 12.4. The van der Waals surface area contributed by atoms with Crippen molar-refractivity contribution in [1.82, 2.24) is 15.0 Å². The van der Waals surface area contributed by atoms with E-state index in [1.807, 2.05) is 54.6 Å². The van der Waals surface area contributed by atoms with E-state index in [2.05, 4.69) is 129 Å². The predicted molar refractivity (Wildman–Crippen MR) is 251 cm³/mol. The highest BCUT2D eigenvalue weighted by atomic mass is 16.6. The zero-order valence-corrected chi connectivity index (χ0v) is 34.2. The summed E-state index contributed by atoms with van der Waals surface area (Å²) in [6, 6.07) is 58.7. The summed E-state index contributed by atoms with van der Waals surface area (Å²) < 4.78 is 20.0. The van der Waals surface area contributed by atoms with Crippen LogP contribution in [0.3, 0.4) is 0 Å². The highest BCUT2D eigenvalue weighted by Crippen LogP contribution is 2.51. The van der Waals surface area contributed by atoms with Gasteiger partial charge >= 0.3 is 0 Å². The summed E-state index contributed by atoms with van der Waals surface area (Å²) in [4.78, 5) is 15.5. The fourth-order valence-corrected chi connectivity index (χ4v) is 9.38. The lowest BCUT2D eigenvalue weighted by Crippen LogP contribution is -2.04. The first kappa shape index (κ1) is 36.1. The smallest absolute Gasteiger partial charge is 0.173 e. The number of rotatable bonds is 7. The van der Waals surface area contributed by atoms with Gasteiger partial charge in [-0.15, -0.1) is 0 Å². The van der Waals surface area contributed by atoms with E-state index in [0.29, 0.717) is 40.5 Å². The first-order chi connectivity index (χ1) is 30.6. The molecule has 0 bridgehead atoms. The maximum atomic E-state index is 6.97. The number of hydrogen-bond acceptors (Lipinski definition) is 6. The molecule has 3 heterocycles. The van der Waals surface area contributed by atoms with Crippen molar-refractivity contribution >= 4 is 54.3 Å². The molecule has 1 aliphatic rings. The third-order valence-corrected chi connectivity index (χ3v) is 12.4. The molecule has 0 saturated heterocycles. The standard InChI is InChI=1S/C56H39N3O3/c1-3-14-33(2)37-21-13-26-49-53(37)61-50-32-35(28-30-48(50)60-49)38-22-11-23-44-45-24-12-25-46(52(45)62-51(38)44)56-58-54(34-15-5-4-6-16-34)57-55(59-56)36-27-29-43-41-19-8-7-17-39(41)40-18-9-10-20-42(40)47(43)31-36/h4-13,15-33H,3,14H2,1-2H3. The molecule has 1 atom stereocenters. The van der Waals surface area contributed by atoms with Gasteiger partial charge in [-0.2, -0.15) is 0 Å². The van der Waals surface area contributed by atoms with Crippen molar-refractivity contribution in [3.63, 3.8) is 0 Å². The molecule has 2 aromatic heterocycles. The van der Waals surface area contributed by atoms with E-state index in [-0.39, 0.29) is 0 Å². The lowest BCUT2D eigenvalue weighted by atomic mass is 9.93. The molecule has 6 nitrogen and oxygen atoms in total. The Labute approximate surface area is 358 Å². The quantitative estimate of drug-likeness (QED) is 0.150. The minimum atomic E-state index is 0.347. The van der Waals surface area contributed by atoms with Crippen molar-refractivity contribution in [3.05, 3.63) is 175 Å². The van der Waals surface area contributed by atoms with Gasteiger partial charge in [-0.05, 0) is 80.6 Å². The minimum absolute atomic E-state index is 0.347. The van der Waals surface area contributed by atoms with Gasteiger partial charge in [-0.1, -0.05) is 160 Å². The third kappa shape index (κ3) is 5.82. The van der Waals surface area contributed by atoms with Crippen LogP contribution in [0.5, 0.6) is 23.0 Å². The molecule has 0 amide bonds. The summed E-state index contributed by atoms with van der Waals surface area (Å²) in [7, 11) is 0. The second-order valence-electron chi connectivity index (χ2n) is 16.2. The molecule has 9 aromatic carbocycles. The Balaban J connectivity index is 1.00. The molecule has 1 aliphatic heterocycles. The number of fused-ring (bicyclic) bond motifs is 11.